The molecular weight excluding hydrogens is 358 g/mol. The van der Waals surface area contributed by atoms with Crippen molar-refractivity contribution in [3.05, 3.63) is 76.2 Å². The number of benzene rings is 2. The molecule has 1 fully saturated rings. The van der Waals surface area contributed by atoms with Crippen LogP contribution in [0.5, 0.6) is 0 Å². The second-order valence-corrected chi connectivity index (χ2v) is 8.44. The van der Waals surface area contributed by atoms with Crippen molar-refractivity contribution in [2.45, 2.75) is 44.7 Å². The van der Waals surface area contributed by atoms with Crippen LogP contribution in [-0.4, -0.2) is 33.7 Å². The van der Waals surface area contributed by atoms with Crippen molar-refractivity contribution in [1.29, 1.82) is 0 Å². The number of rotatable bonds is 5. The number of para-hydroxylation sites is 2. The van der Waals surface area contributed by atoms with Crippen LogP contribution in [0.15, 0.2) is 59.4 Å². The van der Waals surface area contributed by atoms with E-state index in [0.717, 1.165) is 50.2 Å². The Hall–Kier alpha value is -2.59. The molecule has 3 aromatic rings. The summed E-state index contributed by atoms with van der Waals surface area (Å²) in [5.74, 6) is 0. The minimum Gasteiger partial charge on any atom is -0.303 e. The molecular formula is C25H29N3O. The summed E-state index contributed by atoms with van der Waals surface area (Å²) in [5, 5.41) is 0. The van der Waals surface area contributed by atoms with Gasteiger partial charge >= 0.3 is 5.69 Å². The summed E-state index contributed by atoms with van der Waals surface area (Å²) in [7, 11) is 0. The Morgan fingerprint density at radius 3 is 2.34 bits per heavy atom. The third kappa shape index (κ3) is 3.06. The minimum absolute atomic E-state index is 0.124. The number of imidazole rings is 1. The van der Waals surface area contributed by atoms with Crippen LogP contribution in [0.1, 0.15) is 37.3 Å². The maximum Gasteiger partial charge on any atom is 0.329 e. The number of piperidine rings is 1. The maximum absolute atomic E-state index is 12.8. The van der Waals surface area contributed by atoms with Crippen LogP contribution in [0.3, 0.4) is 0 Å². The summed E-state index contributed by atoms with van der Waals surface area (Å²) >= 11 is 0. The van der Waals surface area contributed by atoms with Gasteiger partial charge in [-0.2, -0.15) is 0 Å². The predicted octanol–water partition coefficient (Wildman–Crippen LogP) is 4.27. The molecule has 1 aliphatic heterocycles. The zero-order chi connectivity index (χ0) is 19.8. The largest absolute Gasteiger partial charge is 0.329 e. The molecule has 0 unspecified atom stereocenters. The summed E-state index contributed by atoms with van der Waals surface area (Å²) < 4.78 is 3.84. The number of hydrogen-bond acceptors (Lipinski definition) is 2. The number of aryl methyl sites for hydroxylation is 2. The molecule has 4 nitrogen and oxygen atoms in total. The molecule has 5 rings (SSSR count). The molecule has 1 saturated heterocycles. The lowest BCUT2D eigenvalue weighted by Gasteiger charge is -2.39. The molecule has 4 heteroatoms. The van der Waals surface area contributed by atoms with Crippen LogP contribution in [0.25, 0.3) is 17.1 Å². The molecule has 0 atom stereocenters. The summed E-state index contributed by atoms with van der Waals surface area (Å²) in [6, 6.07) is 17.0. The lowest BCUT2D eigenvalue weighted by atomic mass is 9.74. The standard InChI is InChI=1S/C25H29N3O/c1-2-27-22-10-5-6-11-23(22)28(24(27)29)17-7-16-26-18-14-25(15-19-26)13-12-20-8-3-4-9-21(20)25/h3-6,8-13H,2,7,14-19H2,1H3. The van der Waals surface area contributed by atoms with E-state index in [4.69, 9.17) is 0 Å². The van der Waals surface area contributed by atoms with Gasteiger partial charge in [0, 0.05) is 18.5 Å². The van der Waals surface area contributed by atoms with Crippen molar-refractivity contribution in [3.8, 4) is 0 Å². The first-order chi connectivity index (χ1) is 14.2. The highest BCUT2D eigenvalue weighted by molar-refractivity contribution is 5.76. The van der Waals surface area contributed by atoms with E-state index in [1.54, 1.807) is 0 Å². The van der Waals surface area contributed by atoms with E-state index >= 15 is 0 Å². The monoisotopic (exact) mass is 387 g/mol. The SMILES string of the molecule is CCn1c(=O)n(CCCN2CCC3(C=Cc4ccccc43)CC2)c2ccccc21. The normalized spacial score (nSPS) is 18.0. The lowest BCUT2D eigenvalue weighted by molar-refractivity contribution is 0.180. The third-order valence-electron chi connectivity index (χ3n) is 6.92. The van der Waals surface area contributed by atoms with E-state index in [9.17, 15) is 4.79 Å². The zero-order valence-electron chi connectivity index (χ0n) is 17.2. The van der Waals surface area contributed by atoms with Crippen molar-refractivity contribution in [3.63, 3.8) is 0 Å². The van der Waals surface area contributed by atoms with E-state index < -0.39 is 0 Å². The highest BCUT2D eigenvalue weighted by atomic mass is 16.1. The molecule has 0 N–H and O–H groups in total. The quantitative estimate of drug-likeness (QED) is 0.654. The fourth-order valence-corrected chi connectivity index (χ4v) is 5.29. The molecule has 0 bridgehead atoms. The molecule has 1 aromatic heterocycles. The van der Waals surface area contributed by atoms with Gasteiger partial charge in [-0.25, -0.2) is 4.79 Å². The number of hydrogen-bond donors (Lipinski definition) is 0. The van der Waals surface area contributed by atoms with E-state index in [1.165, 1.54) is 24.0 Å². The summed E-state index contributed by atoms with van der Waals surface area (Å²) in [6.07, 6.45) is 8.14. The Balaban J connectivity index is 1.23. The van der Waals surface area contributed by atoms with E-state index in [-0.39, 0.29) is 11.1 Å². The molecule has 29 heavy (non-hydrogen) atoms. The molecule has 0 saturated carbocycles. The van der Waals surface area contributed by atoms with Crippen LogP contribution in [0, 0.1) is 0 Å². The molecule has 2 heterocycles. The molecule has 0 radical (unpaired) electrons. The highest BCUT2D eigenvalue weighted by Gasteiger charge is 2.37. The van der Waals surface area contributed by atoms with E-state index in [0.29, 0.717) is 0 Å². The first-order valence-electron chi connectivity index (χ1n) is 10.9. The summed E-state index contributed by atoms with van der Waals surface area (Å²) in [5.41, 5.74) is 5.39. The first kappa shape index (κ1) is 18.4. The van der Waals surface area contributed by atoms with Gasteiger partial charge in [-0.3, -0.25) is 9.13 Å². The van der Waals surface area contributed by atoms with Gasteiger partial charge in [-0.1, -0.05) is 48.6 Å². The van der Waals surface area contributed by atoms with Crippen molar-refractivity contribution in [2.24, 2.45) is 0 Å². The summed E-state index contributed by atoms with van der Waals surface area (Å²) in [6.45, 7) is 6.86. The Labute approximate surface area is 172 Å². The molecule has 1 aliphatic carbocycles. The van der Waals surface area contributed by atoms with Crippen LogP contribution in [0.4, 0.5) is 0 Å². The topological polar surface area (TPSA) is 30.2 Å². The second-order valence-electron chi connectivity index (χ2n) is 8.44. The van der Waals surface area contributed by atoms with Gasteiger partial charge in [-0.05, 0) is 69.1 Å². The number of nitrogens with zero attached hydrogens (tertiary/aromatic N) is 3. The Kier molecular flexibility index (Phi) is 4.67. The minimum atomic E-state index is 0.124. The average Bonchev–Trinajstić information content (AvgIpc) is 3.25. The van der Waals surface area contributed by atoms with Gasteiger partial charge in [0.1, 0.15) is 0 Å². The average molecular weight is 388 g/mol. The molecule has 2 aromatic carbocycles. The molecule has 2 aliphatic rings. The Morgan fingerprint density at radius 2 is 1.59 bits per heavy atom. The van der Waals surface area contributed by atoms with Gasteiger partial charge in [0.15, 0.2) is 0 Å². The van der Waals surface area contributed by atoms with Crippen LogP contribution in [-0.2, 0) is 18.5 Å². The zero-order valence-corrected chi connectivity index (χ0v) is 17.2. The molecule has 1 spiro atoms. The maximum atomic E-state index is 12.8. The van der Waals surface area contributed by atoms with Crippen molar-refractivity contribution in [2.75, 3.05) is 19.6 Å². The number of allylic oxidation sites excluding steroid dienone is 1. The van der Waals surface area contributed by atoms with Gasteiger partial charge in [-0.15, -0.1) is 0 Å². The third-order valence-corrected chi connectivity index (χ3v) is 6.92. The second kappa shape index (κ2) is 7.34. The Bertz CT molecular complexity index is 1110. The van der Waals surface area contributed by atoms with Gasteiger partial charge in [0.05, 0.1) is 11.0 Å². The molecule has 0 amide bonds. The Morgan fingerprint density at radius 1 is 0.897 bits per heavy atom. The van der Waals surface area contributed by atoms with Gasteiger partial charge < -0.3 is 4.90 Å². The van der Waals surface area contributed by atoms with Crippen molar-refractivity contribution >= 4 is 17.1 Å². The van der Waals surface area contributed by atoms with Gasteiger partial charge in [0.2, 0.25) is 0 Å². The smallest absolute Gasteiger partial charge is 0.303 e. The number of fused-ring (bicyclic) bond motifs is 3. The number of aromatic nitrogens is 2. The van der Waals surface area contributed by atoms with Crippen LogP contribution >= 0.6 is 0 Å². The first-order valence-corrected chi connectivity index (χ1v) is 10.9. The fraction of sp³-hybridized carbons (Fsp3) is 0.400. The van der Waals surface area contributed by atoms with Crippen molar-refractivity contribution < 1.29 is 0 Å². The molecule has 150 valence electrons. The van der Waals surface area contributed by atoms with Crippen LogP contribution in [0.2, 0.25) is 0 Å². The van der Waals surface area contributed by atoms with Crippen molar-refractivity contribution in [1.82, 2.24) is 14.0 Å². The predicted molar refractivity (Wildman–Crippen MR) is 119 cm³/mol. The highest BCUT2D eigenvalue weighted by Crippen LogP contribution is 2.43. The fourth-order valence-electron chi connectivity index (χ4n) is 5.29. The lowest BCUT2D eigenvalue weighted by Crippen LogP contribution is -2.41. The summed E-state index contributed by atoms with van der Waals surface area (Å²) in [4.78, 5) is 15.4. The number of likely N-dealkylation sites (tertiary alicyclic amines) is 1. The van der Waals surface area contributed by atoms with Gasteiger partial charge in [0.25, 0.3) is 0 Å². The van der Waals surface area contributed by atoms with E-state index in [1.807, 2.05) is 34.3 Å². The van der Waals surface area contributed by atoms with E-state index in [2.05, 4.69) is 47.4 Å². The van der Waals surface area contributed by atoms with Crippen LogP contribution < -0.4 is 5.69 Å².